The lowest BCUT2D eigenvalue weighted by Gasteiger charge is -2.53. The average molecular weight is 206 g/mol. The van der Waals surface area contributed by atoms with Crippen LogP contribution >= 0.6 is 11.3 Å². The molecule has 2 aliphatic carbocycles. The second-order valence-electron chi connectivity index (χ2n) is 4.80. The Kier molecular flexibility index (Phi) is 1.81. The van der Waals surface area contributed by atoms with Gasteiger partial charge in [-0.15, -0.1) is 11.3 Å². The van der Waals surface area contributed by atoms with Crippen LogP contribution in [0.3, 0.4) is 0 Å². The SMILES string of the molecule is O=C(c1cccs1)C1CC2(CCC2)C1. The molecule has 74 valence electrons. The molecule has 14 heavy (non-hydrogen) atoms. The quantitative estimate of drug-likeness (QED) is 0.677. The highest BCUT2D eigenvalue weighted by molar-refractivity contribution is 7.12. The van der Waals surface area contributed by atoms with Crippen LogP contribution in [-0.4, -0.2) is 5.78 Å². The number of rotatable bonds is 2. The minimum Gasteiger partial charge on any atom is -0.293 e. The van der Waals surface area contributed by atoms with E-state index in [1.807, 2.05) is 17.5 Å². The molecule has 0 amide bonds. The Morgan fingerprint density at radius 2 is 2.21 bits per heavy atom. The van der Waals surface area contributed by atoms with Gasteiger partial charge in [-0.1, -0.05) is 12.5 Å². The van der Waals surface area contributed by atoms with E-state index < -0.39 is 0 Å². The third kappa shape index (κ3) is 1.17. The Labute approximate surface area is 88.1 Å². The summed E-state index contributed by atoms with van der Waals surface area (Å²) in [5.41, 5.74) is 0.623. The molecule has 0 N–H and O–H groups in total. The average Bonchev–Trinajstić information content (AvgIpc) is 2.49. The van der Waals surface area contributed by atoms with Gasteiger partial charge in [-0.3, -0.25) is 4.79 Å². The van der Waals surface area contributed by atoms with Crippen molar-refractivity contribution in [3.05, 3.63) is 22.4 Å². The monoisotopic (exact) mass is 206 g/mol. The molecule has 1 nitrogen and oxygen atoms in total. The van der Waals surface area contributed by atoms with Crippen molar-refractivity contribution in [2.45, 2.75) is 32.1 Å². The van der Waals surface area contributed by atoms with Crippen molar-refractivity contribution in [1.29, 1.82) is 0 Å². The number of hydrogen-bond donors (Lipinski definition) is 0. The van der Waals surface area contributed by atoms with E-state index in [0.717, 1.165) is 4.88 Å². The summed E-state index contributed by atoms with van der Waals surface area (Å²) >= 11 is 1.58. The Morgan fingerprint density at radius 1 is 1.43 bits per heavy atom. The van der Waals surface area contributed by atoms with Gasteiger partial charge in [-0.2, -0.15) is 0 Å². The molecule has 0 atom stereocenters. The number of Topliss-reactive ketones (excluding diaryl/α,β-unsaturated/α-hetero) is 1. The Bertz CT molecular complexity index is 340. The van der Waals surface area contributed by atoms with Crippen molar-refractivity contribution in [2.75, 3.05) is 0 Å². The molecule has 1 aromatic rings. The summed E-state index contributed by atoms with van der Waals surface area (Å²) in [4.78, 5) is 12.9. The first-order chi connectivity index (χ1) is 6.79. The number of carbonyl (C=O) groups is 1. The van der Waals surface area contributed by atoms with Gasteiger partial charge in [0.1, 0.15) is 0 Å². The highest BCUT2D eigenvalue weighted by Gasteiger charge is 2.50. The van der Waals surface area contributed by atoms with Crippen molar-refractivity contribution in [1.82, 2.24) is 0 Å². The summed E-state index contributed by atoms with van der Waals surface area (Å²) in [6.45, 7) is 0. The van der Waals surface area contributed by atoms with Crippen molar-refractivity contribution >= 4 is 17.1 Å². The summed E-state index contributed by atoms with van der Waals surface area (Å²) < 4.78 is 0. The van der Waals surface area contributed by atoms with Gasteiger partial charge in [0, 0.05) is 5.92 Å². The van der Waals surface area contributed by atoms with E-state index in [9.17, 15) is 4.79 Å². The lowest BCUT2D eigenvalue weighted by atomic mass is 9.51. The molecule has 0 aliphatic heterocycles. The van der Waals surface area contributed by atoms with Gasteiger partial charge in [-0.25, -0.2) is 0 Å². The van der Waals surface area contributed by atoms with E-state index in [1.54, 1.807) is 11.3 Å². The Hall–Kier alpha value is -0.630. The van der Waals surface area contributed by atoms with E-state index in [2.05, 4.69) is 0 Å². The first kappa shape index (κ1) is 8.66. The van der Waals surface area contributed by atoms with E-state index >= 15 is 0 Å². The molecule has 0 saturated heterocycles. The van der Waals surface area contributed by atoms with Crippen molar-refractivity contribution in [2.24, 2.45) is 11.3 Å². The van der Waals surface area contributed by atoms with Crippen LogP contribution in [-0.2, 0) is 0 Å². The Morgan fingerprint density at radius 3 is 2.71 bits per heavy atom. The van der Waals surface area contributed by atoms with Gasteiger partial charge < -0.3 is 0 Å². The zero-order valence-electron chi connectivity index (χ0n) is 8.16. The molecule has 1 spiro atoms. The van der Waals surface area contributed by atoms with Crippen molar-refractivity contribution in [3.8, 4) is 0 Å². The lowest BCUT2D eigenvalue weighted by molar-refractivity contribution is -0.0148. The van der Waals surface area contributed by atoms with Crippen LogP contribution < -0.4 is 0 Å². The first-order valence-electron chi connectivity index (χ1n) is 5.37. The summed E-state index contributed by atoms with van der Waals surface area (Å²) in [5.74, 6) is 0.756. The zero-order chi connectivity index (χ0) is 9.60. The fourth-order valence-electron chi connectivity index (χ4n) is 2.88. The number of hydrogen-bond acceptors (Lipinski definition) is 2. The molecule has 0 unspecified atom stereocenters. The molecule has 2 heteroatoms. The van der Waals surface area contributed by atoms with Gasteiger partial charge in [0.2, 0.25) is 0 Å². The molecular formula is C12H14OS. The number of carbonyl (C=O) groups excluding carboxylic acids is 1. The molecule has 0 bridgehead atoms. The second-order valence-corrected chi connectivity index (χ2v) is 5.75. The minimum atomic E-state index is 0.356. The predicted molar refractivity (Wildman–Crippen MR) is 57.7 cm³/mol. The van der Waals surface area contributed by atoms with Gasteiger partial charge in [-0.05, 0) is 42.5 Å². The summed E-state index contributed by atoms with van der Waals surface area (Å²) in [6, 6.07) is 3.93. The summed E-state index contributed by atoms with van der Waals surface area (Å²) in [5, 5.41) is 1.99. The molecule has 2 saturated carbocycles. The summed E-state index contributed by atoms with van der Waals surface area (Å²) in [7, 11) is 0. The van der Waals surface area contributed by atoms with E-state index in [4.69, 9.17) is 0 Å². The fourth-order valence-corrected chi connectivity index (χ4v) is 3.62. The van der Waals surface area contributed by atoms with E-state index in [-0.39, 0.29) is 0 Å². The van der Waals surface area contributed by atoms with Gasteiger partial charge >= 0.3 is 0 Å². The zero-order valence-corrected chi connectivity index (χ0v) is 8.98. The molecule has 1 aromatic heterocycles. The van der Waals surface area contributed by atoms with Crippen LogP contribution in [0.15, 0.2) is 17.5 Å². The van der Waals surface area contributed by atoms with Crippen LogP contribution in [0.4, 0.5) is 0 Å². The van der Waals surface area contributed by atoms with E-state index in [0.29, 0.717) is 17.1 Å². The smallest absolute Gasteiger partial charge is 0.175 e. The van der Waals surface area contributed by atoms with Gasteiger partial charge in [0.15, 0.2) is 5.78 Å². The third-order valence-electron chi connectivity index (χ3n) is 3.91. The van der Waals surface area contributed by atoms with Gasteiger partial charge in [0.05, 0.1) is 4.88 Å². The molecular weight excluding hydrogens is 192 g/mol. The summed E-state index contributed by atoms with van der Waals surface area (Å²) in [6.07, 6.45) is 6.48. The van der Waals surface area contributed by atoms with Crippen LogP contribution in [0.25, 0.3) is 0 Å². The molecule has 3 rings (SSSR count). The topological polar surface area (TPSA) is 17.1 Å². The maximum Gasteiger partial charge on any atom is 0.175 e. The number of ketones is 1. The van der Waals surface area contributed by atoms with Gasteiger partial charge in [0.25, 0.3) is 0 Å². The molecule has 2 fully saturated rings. The molecule has 1 heterocycles. The maximum atomic E-state index is 11.9. The highest BCUT2D eigenvalue weighted by atomic mass is 32.1. The van der Waals surface area contributed by atoms with Crippen LogP contribution in [0.5, 0.6) is 0 Å². The van der Waals surface area contributed by atoms with Crippen LogP contribution in [0.2, 0.25) is 0 Å². The lowest BCUT2D eigenvalue weighted by Crippen LogP contribution is -2.45. The molecule has 0 aromatic carbocycles. The maximum absolute atomic E-state index is 11.9. The minimum absolute atomic E-state index is 0.356. The predicted octanol–water partition coefficient (Wildman–Crippen LogP) is 3.51. The number of thiophene rings is 1. The second kappa shape index (κ2) is 2.93. The van der Waals surface area contributed by atoms with Crippen molar-refractivity contribution < 1.29 is 4.79 Å². The van der Waals surface area contributed by atoms with Crippen LogP contribution in [0.1, 0.15) is 41.8 Å². The largest absolute Gasteiger partial charge is 0.293 e. The normalized spacial score (nSPS) is 24.3. The molecule has 0 radical (unpaired) electrons. The molecule has 2 aliphatic rings. The highest BCUT2D eigenvalue weighted by Crippen LogP contribution is 2.59. The Balaban J connectivity index is 1.66. The van der Waals surface area contributed by atoms with Crippen LogP contribution in [0, 0.1) is 11.3 Å². The standard InChI is InChI=1S/C12H14OS/c13-11(10-3-1-6-14-10)9-7-12(8-9)4-2-5-12/h1,3,6,9H,2,4-5,7-8H2. The first-order valence-corrected chi connectivity index (χ1v) is 6.25. The third-order valence-corrected chi connectivity index (χ3v) is 4.79. The fraction of sp³-hybridized carbons (Fsp3) is 0.583. The van der Waals surface area contributed by atoms with Crippen molar-refractivity contribution in [3.63, 3.8) is 0 Å². The van der Waals surface area contributed by atoms with E-state index in [1.165, 1.54) is 32.1 Å².